The Labute approximate surface area is 111 Å². The second-order valence-electron chi connectivity index (χ2n) is 4.28. The van der Waals surface area contributed by atoms with Gasteiger partial charge in [-0.2, -0.15) is 0 Å². The van der Waals surface area contributed by atoms with Gasteiger partial charge in [-0.3, -0.25) is 4.79 Å². The largest absolute Gasteiger partial charge is 0.493 e. The average molecular weight is 266 g/mol. The summed E-state index contributed by atoms with van der Waals surface area (Å²) in [5.41, 5.74) is 0.658. The van der Waals surface area contributed by atoms with E-state index in [0.29, 0.717) is 17.2 Å². The van der Waals surface area contributed by atoms with Gasteiger partial charge in [0.25, 0.3) is 0 Å². The standard InChI is InChI=1S/C13H18N2O4/c1-18-11-3-2-10(6-12(11)19-5-4-16)15-13(17)9-7-14-8-9/h2-3,6,9,14,16H,4-5,7-8H2,1H3,(H,15,17). The van der Waals surface area contributed by atoms with E-state index in [1.807, 2.05) is 0 Å². The lowest BCUT2D eigenvalue weighted by Crippen LogP contribution is -2.48. The lowest BCUT2D eigenvalue weighted by Gasteiger charge is -2.25. The Morgan fingerprint density at radius 1 is 1.47 bits per heavy atom. The van der Waals surface area contributed by atoms with Crippen molar-refractivity contribution in [3.63, 3.8) is 0 Å². The van der Waals surface area contributed by atoms with Crippen LogP contribution in [0.15, 0.2) is 18.2 Å². The number of methoxy groups -OCH3 is 1. The van der Waals surface area contributed by atoms with Crippen LogP contribution < -0.4 is 20.1 Å². The van der Waals surface area contributed by atoms with Crippen molar-refractivity contribution in [2.24, 2.45) is 5.92 Å². The predicted molar refractivity (Wildman–Crippen MR) is 70.6 cm³/mol. The molecule has 2 rings (SSSR count). The van der Waals surface area contributed by atoms with Crippen molar-refractivity contribution in [1.82, 2.24) is 5.32 Å². The number of ether oxygens (including phenoxy) is 2. The first kappa shape index (κ1) is 13.6. The summed E-state index contributed by atoms with van der Waals surface area (Å²) >= 11 is 0. The second kappa shape index (κ2) is 6.40. The highest BCUT2D eigenvalue weighted by Crippen LogP contribution is 2.30. The lowest BCUT2D eigenvalue weighted by atomic mass is 10.0. The molecule has 6 nitrogen and oxygen atoms in total. The number of amides is 1. The average Bonchev–Trinajstić information content (AvgIpc) is 2.34. The molecule has 6 heteroatoms. The van der Waals surface area contributed by atoms with Gasteiger partial charge in [0.15, 0.2) is 11.5 Å². The minimum atomic E-state index is -0.0759. The van der Waals surface area contributed by atoms with Gasteiger partial charge in [-0.1, -0.05) is 0 Å². The van der Waals surface area contributed by atoms with Crippen LogP contribution in [0, 0.1) is 5.92 Å². The normalized spacial score (nSPS) is 14.6. The summed E-state index contributed by atoms with van der Waals surface area (Å²) in [7, 11) is 1.54. The summed E-state index contributed by atoms with van der Waals surface area (Å²) in [6, 6.07) is 5.18. The number of carbonyl (C=O) groups excluding carboxylic acids is 1. The fourth-order valence-electron chi connectivity index (χ4n) is 1.74. The molecule has 1 aromatic carbocycles. The summed E-state index contributed by atoms with van der Waals surface area (Å²) in [4.78, 5) is 11.8. The number of rotatable bonds is 6. The van der Waals surface area contributed by atoms with Gasteiger partial charge >= 0.3 is 0 Å². The monoisotopic (exact) mass is 266 g/mol. The van der Waals surface area contributed by atoms with E-state index in [1.165, 1.54) is 0 Å². The maximum atomic E-state index is 11.8. The molecule has 0 atom stereocenters. The van der Waals surface area contributed by atoms with Crippen LogP contribution in [-0.2, 0) is 4.79 Å². The molecule has 0 spiro atoms. The van der Waals surface area contributed by atoms with Gasteiger partial charge in [-0.15, -0.1) is 0 Å². The maximum Gasteiger partial charge on any atom is 0.230 e. The van der Waals surface area contributed by atoms with E-state index in [0.717, 1.165) is 13.1 Å². The third kappa shape index (κ3) is 3.36. The number of benzene rings is 1. The van der Waals surface area contributed by atoms with Crippen LogP contribution in [-0.4, -0.2) is 44.4 Å². The van der Waals surface area contributed by atoms with Crippen molar-refractivity contribution in [2.45, 2.75) is 0 Å². The number of hydrogen-bond donors (Lipinski definition) is 3. The van der Waals surface area contributed by atoms with Gasteiger partial charge in [0.2, 0.25) is 5.91 Å². The SMILES string of the molecule is COc1ccc(NC(=O)C2CNC2)cc1OCCO. The Kier molecular flexibility index (Phi) is 4.59. The highest BCUT2D eigenvalue weighted by molar-refractivity contribution is 5.93. The summed E-state index contributed by atoms with van der Waals surface area (Å²) in [6.45, 7) is 1.54. The fourth-order valence-corrected chi connectivity index (χ4v) is 1.74. The van der Waals surface area contributed by atoms with Crippen molar-refractivity contribution in [2.75, 3.05) is 38.7 Å². The van der Waals surface area contributed by atoms with E-state index >= 15 is 0 Å². The first-order valence-electron chi connectivity index (χ1n) is 6.18. The van der Waals surface area contributed by atoms with E-state index in [9.17, 15) is 4.79 Å². The molecular weight excluding hydrogens is 248 g/mol. The molecule has 1 aliphatic heterocycles. The smallest absolute Gasteiger partial charge is 0.230 e. The first-order valence-corrected chi connectivity index (χ1v) is 6.18. The van der Waals surface area contributed by atoms with Crippen LogP contribution >= 0.6 is 0 Å². The Balaban J connectivity index is 2.05. The Hall–Kier alpha value is -1.79. The molecule has 0 aliphatic carbocycles. The van der Waals surface area contributed by atoms with Gasteiger partial charge in [0.1, 0.15) is 6.61 Å². The van der Waals surface area contributed by atoms with Crippen LogP contribution in [0.3, 0.4) is 0 Å². The minimum absolute atomic E-state index is 0.00275. The van der Waals surface area contributed by atoms with E-state index in [-0.39, 0.29) is 25.0 Å². The quantitative estimate of drug-likeness (QED) is 0.686. The Bertz CT molecular complexity index is 446. The van der Waals surface area contributed by atoms with Gasteiger partial charge in [0.05, 0.1) is 19.6 Å². The second-order valence-corrected chi connectivity index (χ2v) is 4.28. The van der Waals surface area contributed by atoms with Gasteiger partial charge in [-0.05, 0) is 12.1 Å². The molecule has 19 heavy (non-hydrogen) atoms. The number of hydrogen-bond acceptors (Lipinski definition) is 5. The lowest BCUT2D eigenvalue weighted by molar-refractivity contribution is -0.121. The Morgan fingerprint density at radius 2 is 2.26 bits per heavy atom. The molecule has 1 fully saturated rings. The molecule has 3 N–H and O–H groups in total. The molecule has 1 amide bonds. The number of aliphatic hydroxyl groups is 1. The van der Waals surface area contributed by atoms with Crippen LogP contribution in [0.2, 0.25) is 0 Å². The summed E-state index contributed by atoms with van der Waals surface area (Å²) < 4.78 is 10.5. The highest BCUT2D eigenvalue weighted by Gasteiger charge is 2.24. The Morgan fingerprint density at radius 3 is 2.84 bits per heavy atom. The molecule has 1 aromatic rings. The van der Waals surface area contributed by atoms with Crippen LogP contribution in [0.25, 0.3) is 0 Å². The van der Waals surface area contributed by atoms with Crippen LogP contribution in [0.1, 0.15) is 0 Å². The number of anilines is 1. The molecule has 0 saturated carbocycles. The molecule has 1 saturated heterocycles. The zero-order valence-electron chi connectivity index (χ0n) is 10.8. The van der Waals surface area contributed by atoms with Crippen LogP contribution in [0.5, 0.6) is 11.5 Å². The number of aliphatic hydroxyl groups excluding tert-OH is 1. The third-order valence-electron chi connectivity index (χ3n) is 2.93. The third-order valence-corrected chi connectivity index (χ3v) is 2.93. The van der Waals surface area contributed by atoms with Crippen molar-refractivity contribution < 1.29 is 19.4 Å². The maximum absolute atomic E-state index is 11.8. The van der Waals surface area contributed by atoms with Crippen molar-refractivity contribution in [3.8, 4) is 11.5 Å². The van der Waals surface area contributed by atoms with Crippen LogP contribution in [0.4, 0.5) is 5.69 Å². The molecule has 0 bridgehead atoms. The number of nitrogens with one attached hydrogen (secondary N) is 2. The molecule has 0 radical (unpaired) electrons. The minimum Gasteiger partial charge on any atom is -0.493 e. The predicted octanol–water partition coefficient (Wildman–Crippen LogP) is 0.224. The molecule has 0 unspecified atom stereocenters. The topological polar surface area (TPSA) is 79.8 Å². The molecule has 1 heterocycles. The van der Waals surface area contributed by atoms with Crippen molar-refractivity contribution >= 4 is 11.6 Å². The van der Waals surface area contributed by atoms with Gasteiger partial charge < -0.3 is 25.2 Å². The summed E-state index contributed by atoms with van der Waals surface area (Å²) in [5.74, 6) is 1.10. The summed E-state index contributed by atoms with van der Waals surface area (Å²) in [6.07, 6.45) is 0. The zero-order chi connectivity index (χ0) is 13.7. The highest BCUT2D eigenvalue weighted by atomic mass is 16.5. The van der Waals surface area contributed by atoms with E-state index < -0.39 is 0 Å². The first-order chi connectivity index (χ1) is 9.24. The fraction of sp³-hybridized carbons (Fsp3) is 0.462. The van der Waals surface area contributed by atoms with Crippen molar-refractivity contribution in [1.29, 1.82) is 0 Å². The molecule has 1 aliphatic rings. The van der Waals surface area contributed by atoms with Crippen molar-refractivity contribution in [3.05, 3.63) is 18.2 Å². The molecule has 104 valence electrons. The van der Waals surface area contributed by atoms with Gasteiger partial charge in [-0.25, -0.2) is 0 Å². The number of carbonyl (C=O) groups is 1. The summed E-state index contributed by atoms with van der Waals surface area (Å²) in [5, 5.41) is 14.7. The van der Waals surface area contributed by atoms with E-state index in [1.54, 1.807) is 25.3 Å². The zero-order valence-corrected chi connectivity index (χ0v) is 10.8. The van der Waals surface area contributed by atoms with E-state index in [2.05, 4.69) is 10.6 Å². The molecular formula is C13H18N2O4. The van der Waals surface area contributed by atoms with Gasteiger partial charge in [0, 0.05) is 24.8 Å². The van der Waals surface area contributed by atoms with E-state index in [4.69, 9.17) is 14.6 Å². The molecule has 0 aromatic heterocycles.